The summed E-state index contributed by atoms with van der Waals surface area (Å²) in [5, 5.41) is 14.8. The summed E-state index contributed by atoms with van der Waals surface area (Å²) in [6.07, 6.45) is 0. The first-order valence-corrected chi connectivity index (χ1v) is 4.42. The summed E-state index contributed by atoms with van der Waals surface area (Å²) in [5.41, 5.74) is 0. The maximum atomic E-state index is 9.59. The van der Waals surface area contributed by atoms with E-state index in [1.807, 2.05) is 36.4 Å². The van der Waals surface area contributed by atoms with Crippen molar-refractivity contribution in [1.82, 2.24) is 0 Å². The van der Waals surface area contributed by atoms with Crippen LogP contribution < -0.4 is 0 Å². The Morgan fingerprint density at radius 2 is 1.00 bits per heavy atom. The van der Waals surface area contributed by atoms with Crippen molar-refractivity contribution >= 4 is 17.9 Å². The molecular weight excluding hydrogens is 228 g/mol. The molecule has 94 valence electrons. The Morgan fingerprint density at radius 3 is 1.06 bits per heavy atom. The van der Waals surface area contributed by atoms with E-state index >= 15 is 0 Å². The number of carboxylic acids is 2. The normalized spacial score (nSPS) is 7.41. The van der Waals surface area contributed by atoms with Crippen molar-refractivity contribution in [1.29, 1.82) is 0 Å². The van der Waals surface area contributed by atoms with Crippen LogP contribution in [0.4, 0.5) is 0 Å². The van der Waals surface area contributed by atoms with Crippen molar-refractivity contribution < 1.29 is 29.3 Å². The molecule has 0 saturated carbocycles. The van der Waals surface area contributed by atoms with Gasteiger partial charge in [0.15, 0.2) is 0 Å². The molecule has 0 radical (unpaired) electrons. The van der Waals surface area contributed by atoms with Crippen molar-refractivity contribution in [3.63, 3.8) is 0 Å². The first-order chi connectivity index (χ1) is 7.91. The summed E-state index contributed by atoms with van der Waals surface area (Å²) in [7, 11) is 1.35. The van der Waals surface area contributed by atoms with Crippen LogP contribution in [-0.2, 0) is 19.1 Å². The Labute approximate surface area is 98.5 Å². The molecule has 0 saturated heterocycles. The molecule has 17 heavy (non-hydrogen) atoms. The second-order valence-corrected chi connectivity index (χ2v) is 2.46. The zero-order chi connectivity index (χ0) is 13.7. The maximum absolute atomic E-state index is 9.59. The number of methoxy groups -OCH3 is 1. The molecule has 6 nitrogen and oxygen atoms in total. The van der Waals surface area contributed by atoms with Gasteiger partial charge in [-0.05, 0) is 0 Å². The van der Waals surface area contributed by atoms with Crippen LogP contribution in [-0.4, -0.2) is 35.2 Å². The van der Waals surface area contributed by atoms with Gasteiger partial charge in [0.05, 0.1) is 7.11 Å². The third-order valence-corrected chi connectivity index (χ3v) is 1.14. The summed E-state index contributed by atoms with van der Waals surface area (Å²) in [6, 6.07) is 12.0. The maximum Gasteiger partial charge on any atom is 0.414 e. The summed E-state index contributed by atoms with van der Waals surface area (Å²) >= 11 is 0. The number of aliphatic carboxylic acids is 2. The predicted molar refractivity (Wildman–Crippen MR) is 59.4 cm³/mol. The first-order valence-electron chi connectivity index (χ1n) is 4.42. The quantitative estimate of drug-likeness (QED) is 0.520. The number of carbonyl (C=O) groups is 3. The molecule has 0 unspecified atom stereocenters. The largest absolute Gasteiger partial charge is 0.473 e. The van der Waals surface area contributed by atoms with Crippen LogP contribution in [0.25, 0.3) is 0 Å². The topological polar surface area (TPSA) is 101 Å². The average Bonchev–Trinajstić information content (AvgIpc) is 2.32. The van der Waals surface area contributed by atoms with Gasteiger partial charge < -0.3 is 14.9 Å². The molecule has 0 amide bonds. The summed E-state index contributed by atoms with van der Waals surface area (Å²) in [6.45, 7) is 1.36. The van der Waals surface area contributed by atoms with Crippen LogP contribution in [0.15, 0.2) is 36.4 Å². The van der Waals surface area contributed by atoms with Gasteiger partial charge in [-0.1, -0.05) is 36.4 Å². The van der Waals surface area contributed by atoms with E-state index in [0.717, 1.165) is 0 Å². The smallest absolute Gasteiger partial charge is 0.414 e. The Hall–Kier alpha value is -2.37. The molecule has 2 N–H and O–H groups in total. The lowest BCUT2D eigenvalue weighted by molar-refractivity contribution is -0.159. The number of carbonyl (C=O) groups excluding carboxylic acids is 1. The Balaban J connectivity index is 0. The summed E-state index contributed by atoms with van der Waals surface area (Å²) in [5.74, 6) is -3.89. The molecule has 1 aromatic carbocycles. The highest BCUT2D eigenvalue weighted by Crippen LogP contribution is 1.79. The second-order valence-electron chi connectivity index (χ2n) is 2.46. The molecule has 1 aromatic rings. The minimum absolute atomic E-state index is 0.245. The highest BCUT2D eigenvalue weighted by Gasteiger charge is 2.04. The van der Waals surface area contributed by atoms with Gasteiger partial charge in [-0.25, -0.2) is 9.59 Å². The predicted octanol–water partition coefficient (Wildman–Crippen LogP) is 1.02. The number of hydrogen-bond acceptors (Lipinski definition) is 4. The molecule has 0 aliphatic heterocycles. The van der Waals surface area contributed by atoms with E-state index in [1.165, 1.54) is 14.0 Å². The fourth-order valence-corrected chi connectivity index (χ4v) is 0.385. The van der Waals surface area contributed by atoms with Gasteiger partial charge >= 0.3 is 17.9 Å². The molecular formula is C11H14O6. The molecule has 0 atom stereocenters. The van der Waals surface area contributed by atoms with Crippen LogP contribution in [0.2, 0.25) is 0 Å². The highest BCUT2D eigenvalue weighted by atomic mass is 16.5. The number of hydrogen-bond donors (Lipinski definition) is 2. The van der Waals surface area contributed by atoms with Gasteiger partial charge in [0, 0.05) is 6.92 Å². The fraction of sp³-hybridized carbons (Fsp3) is 0.182. The van der Waals surface area contributed by atoms with Crippen molar-refractivity contribution in [3.8, 4) is 0 Å². The van der Waals surface area contributed by atoms with Crippen LogP contribution in [0.3, 0.4) is 0 Å². The van der Waals surface area contributed by atoms with Gasteiger partial charge in [0.1, 0.15) is 0 Å². The lowest BCUT2D eigenvalue weighted by Gasteiger charge is -1.80. The minimum atomic E-state index is -1.82. The third-order valence-electron chi connectivity index (χ3n) is 1.14. The lowest BCUT2D eigenvalue weighted by atomic mass is 10.4. The lowest BCUT2D eigenvalue weighted by Crippen LogP contribution is -2.09. The molecule has 6 heteroatoms. The van der Waals surface area contributed by atoms with E-state index in [1.54, 1.807) is 0 Å². The van der Waals surface area contributed by atoms with Gasteiger partial charge in [-0.2, -0.15) is 0 Å². The SMILES string of the molecule is COC(C)=O.O=C(O)C(=O)O.c1ccccc1. The van der Waals surface area contributed by atoms with Gasteiger partial charge in [0.2, 0.25) is 0 Å². The Kier molecular flexibility index (Phi) is 11.7. The molecule has 0 aliphatic rings. The van der Waals surface area contributed by atoms with E-state index in [9.17, 15) is 4.79 Å². The number of benzene rings is 1. The third kappa shape index (κ3) is 19.9. The van der Waals surface area contributed by atoms with Crippen molar-refractivity contribution in [2.75, 3.05) is 7.11 Å². The molecule has 0 fully saturated rings. The second kappa shape index (κ2) is 11.7. The zero-order valence-electron chi connectivity index (χ0n) is 9.49. The zero-order valence-corrected chi connectivity index (χ0v) is 9.49. The summed E-state index contributed by atoms with van der Waals surface area (Å²) in [4.78, 5) is 27.8. The minimum Gasteiger partial charge on any atom is -0.473 e. The number of rotatable bonds is 0. The number of esters is 1. The first kappa shape index (κ1) is 17.0. The Bertz CT molecular complexity index is 294. The van der Waals surface area contributed by atoms with E-state index in [2.05, 4.69) is 4.74 Å². The van der Waals surface area contributed by atoms with E-state index < -0.39 is 11.9 Å². The number of ether oxygens (including phenoxy) is 1. The van der Waals surface area contributed by atoms with Gasteiger partial charge in [-0.3, -0.25) is 4.79 Å². The van der Waals surface area contributed by atoms with Crippen LogP contribution >= 0.6 is 0 Å². The van der Waals surface area contributed by atoms with Crippen molar-refractivity contribution in [2.24, 2.45) is 0 Å². The van der Waals surface area contributed by atoms with Crippen molar-refractivity contribution in [2.45, 2.75) is 6.92 Å². The average molecular weight is 242 g/mol. The Morgan fingerprint density at radius 1 is 0.824 bits per heavy atom. The molecule has 0 aromatic heterocycles. The molecule has 1 rings (SSSR count). The van der Waals surface area contributed by atoms with E-state index in [4.69, 9.17) is 19.8 Å². The summed E-state index contributed by atoms with van der Waals surface area (Å²) < 4.78 is 4.11. The van der Waals surface area contributed by atoms with Gasteiger partial charge in [0.25, 0.3) is 0 Å². The van der Waals surface area contributed by atoms with E-state index in [0.29, 0.717) is 0 Å². The van der Waals surface area contributed by atoms with E-state index in [-0.39, 0.29) is 5.97 Å². The van der Waals surface area contributed by atoms with Gasteiger partial charge in [-0.15, -0.1) is 0 Å². The van der Waals surface area contributed by atoms with Crippen LogP contribution in [0, 0.1) is 0 Å². The molecule has 0 spiro atoms. The molecule has 0 bridgehead atoms. The van der Waals surface area contributed by atoms with Crippen LogP contribution in [0.5, 0.6) is 0 Å². The van der Waals surface area contributed by atoms with Crippen molar-refractivity contribution in [3.05, 3.63) is 36.4 Å². The molecule has 0 aliphatic carbocycles. The number of carboxylic acid groups (broad SMARTS) is 2. The van der Waals surface area contributed by atoms with Crippen LogP contribution in [0.1, 0.15) is 6.92 Å². The molecule has 0 heterocycles. The highest BCUT2D eigenvalue weighted by molar-refractivity contribution is 6.27. The monoisotopic (exact) mass is 242 g/mol. The standard InChI is InChI=1S/C6H6.C3H6O2.C2H2O4/c1-2-4-6-5-3-1;1-3(4)5-2;3-1(4)2(5)6/h1-6H;1-2H3;(H,3,4)(H,5,6). The fourth-order valence-electron chi connectivity index (χ4n) is 0.385.